The fraction of sp³-hybridized carbons (Fsp3) is 0.150. The number of para-hydroxylation sites is 1. The van der Waals surface area contributed by atoms with Crippen LogP contribution in [0.5, 0.6) is 23.0 Å². The minimum atomic E-state index is 0.213. The quantitative estimate of drug-likeness (QED) is 0.717. The minimum Gasteiger partial charge on any atom is -0.494 e. The van der Waals surface area contributed by atoms with Crippen molar-refractivity contribution in [2.75, 3.05) is 21.0 Å². The topological polar surface area (TPSA) is 49.8 Å². The monoisotopic (exact) mass is 335 g/mol. The molecule has 1 aliphatic rings. The van der Waals surface area contributed by atoms with Crippen molar-refractivity contribution in [2.24, 2.45) is 0 Å². The number of rotatable bonds is 4. The zero-order chi connectivity index (χ0) is 17.2. The number of hydrogen-bond donors (Lipinski definition) is 0. The molecule has 0 spiro atoms. The maximum atomic E-state index is 5.45. The van der Waals surface area contributed by atoms with Crippen LogP contribution in [0, 0.1) is 0 Å². The van der Waals surface area contributed by atoms with Gasteiger partial charge in [-0.2, -0.15) is 0 Å². The van der Waals surface area contributed by atoms with Gasteiger partial charge in [0.25, 0.3) is 0 Å². The summed E-state index contributed by atoms with van der Waals surface area (Å²) in [6, 6.07) is 13.7. The summed E-state index contributed by atoms with van der Waals surface area (Å²) in [7, 11) is 3.26. The van der Waals surface area contributed by atoms with E-state index >= 15 is 0 Å². The number of ether oxygens (including phenoxy) is 4. The molecule has 0 N–H and O–H groups in total. The van der Waals surface area contributed by atoms with E-state index in [1.54, 1.807) is 14.2 Å². The van der Waals surface area contributed by atoms with Gasteiger partial charge in [-0.15, -0.1) is 0 Å². The Labute approximate surface area is 145 Å². The van der Waals surface area contributed by atoms with Crippen LogP contribution in [0.4, 0.5) is 0 Å². The van der Waals surface area contributed by atoms with Crippen molar-refractivity contribution in [1.29, 1.82) is 0 Å². The van der Waals surface area contributed by atoms with Gasteiger partial charge in [-0.1, -0.05) is 24.3 Å². The zero-order valence-corrected chi connectivity index (χ0v) is 14.0. The first kappa shape index (κ1) is 15.3. The average molecular weight is 335 g/mol. The summed E-state index contributed by atoms with van der Waals surface area (Å²) in [5.41, 5.74) is 2.63. The Kier molecular flexibility index (Phi) is 3.90. The number of fused-ring (bicyclic) bond motifs is 2. The van der Waals surface area contributed by atoms with Crippen molar-refractivity contribution < 1.29 is 18.9 Å². The van der Waals surface area contributed by atoms with Crippen LogP contribution < -0.4 is 18.9 Å². The number of aromatic nitrogens is 1. The van der Waals surface area contributed by atoms with E-state index in [-0.39, 0.29) is 6.79 Å². The highest BCUT2D eigenvalue weighted by atomic mass is 16.7. The van der Waals surface area contributed by atoms with Gasteiger partial charge in [0.1, 0.15) is 11.3 Å². The average Bonchev–Trinajstić information content (AvgIpc) is 3.13. The molecule has 0 bridgehead atoms. The van der Waals surface area contributed by atoms with Crippen molar-refractivity contribution in [3.63, 3.8) is 0 Å². The highest BCUT2D eigenvalue weighted by Gasteiger charge is 2.19. The van der Waals surface area contributed by atoms with E-state index in [0.29, 0.717) is 17.2 Å². The largest absolute Gasteiger partial charge is 0.494 e. The SMILES string of the molecule is COc1cc(/C=C/c2ccc3cccc(OC)c3n2)cc2c1OCO2. The molecule has 0 atom stereocenters. The molecule has 0 radical (unpaired) electrons. The third kappa shape index (κ3) is 2.85. The predicted molar refractivity (Wildman–Crippen MR) is 96.3 cm³/mol. The van der Waals surface area contributed by atoms with Crippen LogP contribution in [0.15, 0.2) is 42.5 Å². The molecule has 5 heteroatoms. The van der Waals surface area contributed by atoms with Crippen molar-refractivity contribution in [3.8, 4) is 23.0 Å². The van der Waals surface area contributed by atoms with E-state index in [1.165, 1.54) is 0 Å². The third-order valence-electron chi connectivity index (χ3n) is 4.05. The molecule has 5 nitrogen and oxygen atoms in total. The highest BCUT2D eigenvalue weighted by Crippen LogP contribution is 2.42. The van der Waals surface area contributed by atoms with Crippen LogP contribution in [0.1, 0.15) is 11.3 Å². The summed E-state index contributed by atoms with van der Waals surface area (Å²) in [5, 5.41) is 1.04. The molecule has 2 aromatic carbocycles. The molecule has 0 fully saturated rings. The van der Waals surface area contributed by atoms with E-state index in [4.69, 9.17) is 18.9 Å². The Morgan fingerprint density at radius 1 is 0.960 bits per heavy atom. The first-order chi connectivity index (χ1) is 12.3. The van der Waals surface area contributed by atoms with Crippen molar-refractivity contribution in [3.05, 3.63) is 53.7 Å². The van der Waals surface area contributed by atoms with E-state index in [2.05, 4.69) is 4.98 Å². The summed E-state index contributed by atoms with van der Waals surface area (Å²) >= 11 is 0. The first-order valence-electron chi connectivity index (χ1n) is 7.88. The smallest absolute Gasteiger partial charge is 0.231 e. The molecule has 0 amide bonds. The van der Waals surface area contributed by atoms with Gasteiger partial charge in [-0.25, -0.2) is 4.98 Å². The van der Waals surface area contributed by atoms with Gasteiger partial charge >= 0.3 is 0 Å². The molecule has 0 saturated heterocycles. The maximum absolute atomic E-state index is 5.45. The fourth-order valence-electron chi connectivity index (χ4n) is 2.82. The second-order valence-corrected chi connectivity index (χ2v) is 5.56. The second-order valence-electron chi connectivity index (χ2n) is 5.56. The molecule has 126 valence electrons. The molecule has 0 aliphatic carbocycles. The lowest BCUT2D eigenvalue weighted by atomic mass is 10.1. The fourth-order valence-corrected chi connectivity index (χ4v) is 2.82. The molecule has 1 aliphatic heterocycles. The van der Waals surface area contributed by atoms with Crippen LogP contribution in [0.2, 0.25) is 0 Å². The Hall–Kier alpha value is -3.21. The third-order valence-corrected chi connectivity index (χ3v) is 4.05. The Morgan fingerprint density at radius 2 is 1.84 bits per heavy atom. The van der Waals surface area contributed by atoms with Gasteiger partial charge in [-0.05, 0) is 35.9 Å². The Balaban J connectivity index is 1.69. The van der Waals surface area contributed by atoms with Crippen LogP contribution >= 0.6 is 0 Å². The van der Waals surface area contributed by atoms with Gasteiger partial charge in [-0.3, -0.25) is 0 Å². The highest BCUT2D eigenvalue weighted by molar-refractivity contribution is 5.86. The molecule has 1 aromatic heterocycles. The van der Waals surface area contributed by atoms with E-state index in [0.717, 1.165) is 27.9 Å². The lowest BCUT2D eigenvalue weighted by Crippen LogP contribution is -1.93. The van der Waals surface area contributed by atoms with Crippen LogP contribution in [-0.2, 0) is 0 Å². The second kappa shape index (κ2) is 6.36. The van der Waals surface area contributed by atoms with Crippen molar-refractivity contribution in [1.82, 2.24) is 4.98 Å². The van der Waals surface area contributed by atoms with Crippen molar-refractivity contribution in [2.45, 2.75) is 0 Å². The summed E-state index contributed by atoms with van der Waals surface area (Å²) < 4.78 is 21.6. The molecule has 2 heterocycles. The summed E-state index contributed by atoms with van der Waals surface area (Å²) in [6.45, 7) is 0.213. The lowest BCUT2D eigenvalue weighted by Gasteiger charge is -2.06. The minimum absolute atomic E-state index is 0.213. The summed E-state index contributed by atoms with van der Waals surface area (Å²) in [4.78, 5) is 4.68. The summed E-state index contributed by atoms with van der Waals surface area (Å²) in [6.07, 6.45) is 3.91. The van der Waals surface area contributed by atoms with E-state index in [1.807, 2.05) is 54.6 Å². The number of pyridine rings is 1. The van der Waals surface area contributed by atoms with Gasteiger partial charge < -0.3 is 18.9 Å². The first-order valence-corrected chi connectivity index (χ1v) is 7.88. The molecular formula is C20H17NO4. The maximum Gasteiger partial charge on any atom is 0.231 e. The normalized spacial score (nSPS) is 12.7. The number of nitrogens with zero attached hydrogens (tertiary/aromatic N) is 1. The predicted octanol–water partition coefficient (Wildman–Crippen LogP) is 4.15. The van der Waals surface area contributed by atoms with Gasteiger partial charge in [0.05, 0.1) is 19.9 Å². The lowest BCUT2D eigenvalue weighted by molar-refractivity contribution is 0.171. The summed E-state index contributed by atoms with van der Waals surface area (Å²) in [5.74, 6) is 2.75. The van der Waals surface area contributed by atoms with E-state index < -0.39 is 0 Å². The zero-order valence-electron chi connectivity index (χ0n) is 14.0. The van der Waals surface area contributed by atoms with Gasteiger partial charge in [0, 0.05) is 5.39 Å². The Morgan fingerprint density at radius 3 is 2.68 bits per heavy atom. The number of benzene rings is 2. The van der Waals surface area contributed by atoms with E-state index in [9.17, 15) is 0 Å². The molecular weight excluding hydrogens is 318 g/mol. The van der Waals surface area contributed by atoms with Crippen LogP contribution in [0.25, 0.3) is 23.1 Å². The number of methoxy groups -OCH3 is 2. The molecule has 4 rings (SSSR count). The van der Waals surface area contributed by atoms with Crippen LogP contribution in [0.3, 0.4) is 0 Å². The number of hydrogen-bond acceptors (Lipinski definition) is 5. The standard InChI is InChI=1S/C20H17NO4/c1-22-16-5-3-4-14-7-9-15(21-19(14)16)8-6-13-10-17(23-2)20-18(11-13)24-12-25-20/h3-11H,12H2,1-2H3/b8-6+. The molecule has 3 aromatic rings. The van der Waals surface area contributed by atoms with Crippen molar-refractivity contribution >= 4 is 23.1 Å². The van der Waals surface area contributed by atoms with Gasteiger partial charge in [0.15, 0.2) is 11.5 Å². The molecule has 25 heavy (non-hydrogen) atoms. The molecule has 0 unspecified atom stereocenters. The van der Waals surface area contributed by atoms with Crippen LogP contribution in [-0.4, -0.2) is 26.0 Å². The Bertz CT molecular complexity index is 965. The molecule has 0 saturated carbocycles. The van der Waals surface area contributed by atoms with Gasteiger partial charge in [0.2, 0.25) is 12.5 Å².